The van der Waals surface area contributed by atoms with Crippen LogP contribution in [-0.2, 0) is 11.3 Å². The molecule has 1 heterocycles. The molecular weight excluding hydrogens is 432 g/mol. The van der Waals surface area contributed by atoms with Crippen molar-refractivity contribution in [2.75, 3.05) is 24.4 Å². The molecule has 0 aliphatic heterocycles. The van der Waals surface area contributed by atoms with Gasteiger partial charge in [0, 0.05) is 17.5 Å². The lowest BCUT2D eigenvalue weighted by Gasteiger charge is -2.16. The highest BCUT2D eigenvalue weighted by Gasteiger charge is 2.20. The van der Waals surface area contributed by atoms with Crippen LogP contribution in [0.25, 0.3) is 0 Å². The fraction of sp³-hybridized carbons (Fsp3) is 0.318. The van der Waals surface area contributed by atoms with Gasteiger partial charge in [-0.15, -0.1) is 22.0 Å². The molecule has 1 unspecified atom stereocenters. The van der Waals surface area contributed by atoms with Gasteiger partial charge in [0.15, 0.2) is 17.1 Å². The van der Waals surface area contributed by atoms with E-state index >= 15 is 0 Å². The van der Waals surface area contributed by atoms with E-state index in [1.54, 1.807) is 18.9 Å². The number of hydrogen-bond donors (Lipinski definition) is 1. The summed E-state index contributed by atoms with van der Waals surface area (Å²) in [5.74, 6) is 2.29. The molecule has 0 fully saturated rings. The summed E-state index contributed by atoms with van der Waals surface area (Å²) in [7, 11) is 1.62. The van der Waals surface area contributed by atoms with Crippen molar-refractivity contribution in [3.63, 3.8) is 0 Å². The van der Waals surface area contributed by atoms with Crippen LogP contribution in [0.15, 0.2) is 58.6 Å². The Hall–Kier alpha value is -2.65. The second kappa shape index (κ2) is 11.1. The van der Waals surface area contributed by atoms with Crippen LogP contribution >= 0.6 is 23.5 Å². The third-order valence-corrected chi connectivity index (χ3v) is 6.26. The standard InChI is InChI=1S/C22H26N4O3S2/c1-5-26-21(15(2)29-17-10-8-9-16(13-17)28-3)24-25-22(26)31-14-20(27)23-18-11-6-7-12-19(18)30-4/h6-13,15H,5,14H2,1-4H3,(H,23,27). The number of methoxy groups -OCH3 is 1. The van der Waals surface area contributed by atoms with Gasteiger partial charge in [0.2, 0.25) is 5.91 Å². The summed E-state index contributed by atoms with van der Waals surface area (Å²) in [5, 5.41) is 12.3. The average molecular weight is 459 g/mol. The van der Waals surface area contributed by atoms with Crippen molar-refractivity contribution in [1.82, 2.24) is 14.8 Å². The first-order chi connectivity index (χ1) is 15.0. The van der Waals surface area contributed by atoms with Crippen molar-refractivity contribution < 1.29 is 14.3 Å². The zero-order valence-electron chi connectivity index (χ0n) is 18.0. The van der Waals surface area contributed by atoms with E-state index in [0.29, 0.717) is 23.3 Å². The Labute approximate surface area is 190 Å². The number of nitrogens with one attached hydrogen (secondary N) is 1. The Morgan fingerprint density at radius 1 is 1.16 bits per heavy atom. The van der Waals surface area contributed by atoms with Crippen molar-refractivity contribution in [3.05, 3.63) is 54.4 Å². The number of carbonyl (C=O) groups excluding carboxylic acids is 1. The van der Waals surface area contributed by atoms with Gasteiger partial charge in [0.1, 0.15) is 11.5 Å². The van der Waals surface area contributed by atoms with Crippen LogP contribution in [0, 0.1) is 0 Å². The third-order valence-electron chi connectivity index (χ3n) is 4.49. The first kappa shape index (κ1) is 23.0. The van der Waals surface area contributed by atoms with Gasteiger partial charge in [-0.3, -0.25) is 4.79 Å². The lowest BCUT2D eigenvalue weighted by atomic mass is 10.3. The maximum Gasteiger partial charge on any atom is 0.234 e. The van der Waals surface area contributed by atoms with Crippen LogP contribution in [0.5, 0.6) is 11.5 Å². The molecule has 0 aliphatic rings. The Kier molecular flexibility index (Phi) is 8.25. The number of anilines is 1. The van der Waals surface area contributed by atoms with Crippen molar-refractivity contribution in [2.24, 2.45) is 0 Å². The number of para-hydroxylation sites is 1. The topological polar surface area (TPSA) is 78.3 Å². The number of ether oxygens (including phenoxy) is 2. The van der Waals surface area contributed by atoms with Gasteiger partial charge in [0.05, 0.1) is 18.6 Å². The Bertz CT molecular complexity index is 1030. The summed E-state index contributed by atoms with van der Waals surface area (Å²) >= 11 is 2.96. The van der Waals surface area contributed by atoms with E-state index in [4.69, 9.17) is 9.47 Å². The Balaban J connectivity index is 1.64. The second-order valence-corrected chi connectivity index (χ2v) is 8.35. The van der Waals surface area contributed by atoms with Crippen molar-refractivity contribution in [1.29, 1.82) is 0 Å². The molecule has 1 N–H and O–H groups in total. The van der Waals surface area contributed by atoms with Crippen LogP contribution in [0.4, 0.5) is 5.69 Å². The fourth-order valence-electron chi connectivity index (χ4n) is 3.00. The SMILES string of the molecule is CCn1c(SCC(=O)Nc2ccccc2SC)nnc1C(C)Oc1cccc(OC)c1. The van der Waals surface area contributed by atoms with Crippen LogP contribution in [0.1, 0.15) is 25.8 Å². The molecule has 7 nitrogen and oxygen atoms in total. The summed E-state index contributed by atoms with van der Waals surface area (Å²) in [6.07, 6.45) is 1.68. The van der Waals surface area contributed by atoms with Gasteiger partial charge in [-0.05, 0) is 44.4 Å². The van der Waals surface area contributed by atoms with Gasteiger partial charge in [-0.1, -0.05) is 30.0 Å². The number of amides is 1. The normalized spacial score (nSPS) is 11.7. The number of hydrogen-bond acceptors (Lipinski definition) is 7. The number of aromatic nitrogens is 3. The zero-order valence-corrected chi connectivity index (χ0v) is 19.6. The molecule has 1 atom stereocenters. The monoisotopic (exact) mass is 458 g/mol. The lowest BCUT2D eigenvalue weighted by molar-refractivity contribution is -0.113. The van der Waals surface area contributed by atoms with Gasteiger partial charge in [-0.2, -0.15) is 0 Å². The summed E-state index contributed by atoms with van der Waals surface area (Å²) in [4.78, 5) is 13.5. The maximum absolute atomic E-state index is 12.5. The van der Waals surface area contributed by atoms with Crippen molar-refractivity contribution >= 4 is 35.1 Å². The zero-order chi connectivity index (χ0) is 22.2. The highest BCUT2D eigenvalue weighted by molar-refractivity contribution is 7.99. The van der Waals surface area contributed by atoms with E-state index in [9.17, 15) is 4.79 Å². The number of benzene rings is 2. The van der Waals surface area contributed by atoms with Gasteiger partial charge in [-0.25, -0.2) is 0 Å². The average Bonchev–Trinajstić information content (AvgIpc) is 3.21. The molecule has 3 aromatic rings. The van der Waals surface area contributed by atoms with Gasteiger partial charge < -0.3 is 19.4 Å². The van der Waals surface area contributed by atoms with Crippen molar-refractivity contribution in [2.45, 2.75) is 36.5 Å². The molecule has 0 saturated heterocycles. The molecule has 2 aromatic carbocycles. The minimum Gasteiger partial charge on any atom is -0.497 e. The third kappa shape index (κ3) is 5.95. The van der Waals surface area contributed by atoms with Gasteiger partial charge in [0.25, 0.3) is 0 Å². The molecule has 0 saturated carbocycles. The molecule has 3 rings (SSSR count). The van der Waals surface area contributed by atoms with E-state index in [2.05, 4.69) is 15.5 Å². The van der Waals surface area contributed by atoms with E-state index in [-0.39, 0.29) is 17.8 Å². The fourth-order valence-corrected chi connectivity index (χ4v) is 4.36. The molecule has 31 heavy (non-hydrogen) atoms. The first-order valence-corrected chi connectivity index (χ1v) is 12.1. The Morgan fingerprint density at radius 2 is 1.94 bits per heavy atom. The quantitative estimate of drug-likeness (QED) is 0.433. The van der Waals surface area contributed by atoms with Crippen LogP contribution in [0.3, 0.4) is 0 Å². The predicted octanol–water partition coefficient (Wildman–Crippen LogP) is 4.90. The molecule has 0 bridgehead atoms. The molecule has 1 amide bonds. The molecule has 9 heteroatoms. The minimum atomic E-state index is -0.309. The second-order valence-electron chi connectivity index (χ2n) is 6.56. The highest BCUT2D eigenvalue weighted by atomic mass is 32.2. The molecule has 1 aromatic heterocycles. The Morgan fingerprint density at radius 3 is 2.68 bits per heavy atom. The van der Waals surface area contributed by atoms with E-state index in [1.807, 2.05) is 73.2 Å². The van der Waals surface area contributed by atoms with Crippen LogP contribution in [0.2, 0.25) is 0 Å². The smallest absolute Gasteiger partial charge is 0.234 e. The maximum atomic E-state index is 12.5. The first-order valence-electron chi connectivity index (χ1n) is 9.85. The molecular formula is C22H26N4O3S2. The summed E-state index contributed by atoms with van der Waals surface area (Å²) < 4.78 is 13.3. The van der Waals surface area contributed by atoms with Crippen LogP contribution < -0.4 is 14.8 Å². The molecule has 164 valence electrons. The lowest BCUT2D eigenvalue weighted by Crippen LogP contribution is -2.16. The number of carbonyl (C=O) groups is 1. The molecule has 0 radical (unpaired) electrons. The van der Waals surface area contributed by atoms with E-state index < -0.39 is 0 Å². The minimum absolute atomic E-state index is 0.0839. The predicted molar refractivity (Wildman–Crippen MR) is 125 cm³/mol. The number of thioether (sulfide) groups is 2. The summed E-state index contributed by atoms with van der Waals surface area (Å²) in [6, 6.07) is 15.2. The molecule has 0 aliphatic carbocycles. The largest absolute Gasteiger partial charge is 0.497 e. The van der Waals surface area contributed by atoms with E-state index in [0.717, 1.165) is 16.3 Å². The summed E-state index contributed by atoms with van der Waals surface area (Å²) in [5.41, 5.74) is 0.818. The van der Waals surface area contributed by atoms with E-state index in [1.165, 1.54) is 11.8 Å². The number of rotatable bonds is 10. The van der Waals surface area contributed by atoms with Crippen molar-refractivity contribution in [3.8, 4) is 11.5 Å². The van der Waals surface area contributed by atoms with Gasteiger partial charge >= 0.3 is 0 Å². The number of nitrogens with zero attached hydrogens (tertiary/aromatic N) is 3. The van der Waals surface area contributed by atoms with Crippen LogP contribution in [-0.4, -0.2) is 39.8 Å². The highest BCUT2D eigenvalue weighted by Crippen LogP contribution is 2.28. The summed E-state index contributed by atoms with van der Waals surface area (Å²) in [6.45, 7) is 4.62. The molecule has 0 spiro atoms.